The molecular weight excluding hydrogens is 361 g/mol. The molecule has 0 saturated heterocycles. The second kappa shape index (κ2) is 8.43. The van der Waals surface area contributed by atoms with E-state index >= 15 is 0 Å². The van der Waals surface area contributed by atoms with Crippen molar-refractivity contribution in [3.8, 4) is 5.75 Å². The molecule has 0 radical (unpaired) electrons. The maximum atomic E-state index is 13.5. The average Bonchev–Trinajstić information content (AvgIpc) is 2.60. The van der Waals surface area contributed by atoms with Crippen LogP contribution in [0.25, 0.3) is 0 Å². The van der Waals surface area contributed by atoms with Crippen LogP contribution in [0.15, 0.2) is 53.6 Å². The van der Waals surface area contributed by atoms with Gasteiger partial charge in [-0.05, 0) is 18.2 Å². The maximum Gasteiger partial charge on any atom is 0.260 e. The summed E-state index contributed by atoms with van der Waals surface area (Å²) in [5, 5.41) is 3.65. The van der Waals surface area contributed by atoms with E-state index in [4.69, 9.17) is 4.74 Å². The first-order valence-corrected chi connectivity index (χ1v) is 9.34. The Labute approximate surface area is 151 Å². The zero-order chi connectivity index (χ0) is 19.2. The number of carbonyl (C=O) groups excluding carboxylic acids is 1. The SMILES string of the molecule is COc1cccc(N(CC(=O)N/N=C\c2ccccc2F)S(C)(=O)=O)c1. The van der Waals surface area contributed by atoms with Gasteiger partial charge in [0.1, 0.15) is 18.1 Å². The van der Waals surface area contributed by atoms with E-state index in [1.165, 1.54) is 31.4 Å². The third-order valence-corrected chi connectivity index (χ3v) is 4.47. The predicted octanol–water partition coefficient (Wildman–Crippen LogP) is 1.75. The minimum atomic E-state index is -3.72. The Kier molecular flexibility index (Phi) is 6.29. The number of benzene rings is 2. The maximum absolute atomic E-state index is 13.5. The van der Waals surface area contributed by atoms with Crippen LogP contribution in [0, 0.1) is 5.82 Å². The van der Waals surface area contributed by atoms with Crippen molar-refractivity contribution in [1.29, 1.82) is 0 Å². The van der Waals surface area contributed by atoms with Gasteiger partial charge in [-0.3, -0.25) is 9.10 Å². The van der Waals surface area contributed by atoms with Gasteiger partial charge in [0, 0.05) is 11.6 Å². The molecule has 0 atom stereocenters. The summed E-state index contributed by atoms with van der Waals surface area (Å²) < 4.78 is 43.5. The van der Waals surface area contributed by atoms with E-state index in [0.717, 1.165) is 16.8 Å². The third-order valence-electron chi connectivity index (χ3n) is 3.33. The van der Waals surface area contributed by atoms with Crippen LogP contribution in [0.2, 0.25) is 0 Å². The number of ether oxygens (including phenoxy) is 1. The normalized spacial score (nSPS) is 11.3. The van der Waals surface area contributed by atoms with Crippen molar-refractivity contribution in [2.75, 3.05) is 24.2 Å². The Bertz CT molecular complexity index is 916. The lowest BCUT2D eigenvalue weighted by Crippen LogP contribution is -2.39. The van der Waals surface area contributed by atoms with Gasteiger partial charge in [0.15, 0.2) is 0 Å². The lowest BCUT2D eigenvalue weighted by molar-refractivity contribution is -0.119. The summed E-state index contributed by atoms with van der Waals surface area (Å²) in [7, 11) is -2.26. The van der Waals surface area contributed by atoms with Gasteiger partial charge in [0.25, 0.3) is 5.91 Å². The van der Waals surface area contributed by atoms with Gasteiger partial charge in [0.05, 0.1) is 25.3 Å². The molecule has 0 aromatic heterocycles. The molecule has 1 amide bonds. The summed E-state index contributed by atoms with van der Waals surface area (Å²) in [6.45, 7) is -0.486. The van der Waals surface area contributed by atoms with Gasteiger partial charge in [-0.1, -0.05) is 24.3 Å². The molecule has 0 aliphatic rings. The van der Waals surface area contributed by atoms with Crippen LogP contribution in [0.3, 0.4) is 0 Å². The zero-order valence-corrected chi connectivity index (χ0v) is 15.0. The van der Waals surface area contributed by atoms with Gasteiger partial charge in [0.2, 0.25) is 10.0 Å². The summed E-state index contributed by atoms with van der Waals surface area (Å²) in [5.41, 5.74) is 2.66. The van der Waals surface area contributed by atoms with Crippen LogP contribution in [0.5, 0.6) is 5.75 Å². The standard InChI is InChI=1S/C17H18FN3O4S/c1-25-15-8-5-7-14(10-15)21(26(2,23)24)12-17(22)20-19-11-13-6-3-4-9-16(13)18/h3-11H,12H2,1-2H3,(H,20,22)/b19-11-. The molecule has 0 bridgehead atoms. The molecule has 0 aliphatic heterocycles. The van der Waals surface area contributed by atoms with Crippen LogP contribution in [-0.2, 0) is 14.8 Å². The molecule has 0 unspecified atom stereocenters. The summed E-state index contributed by atoms with van der Waals surface area (Å²) in [4.78, 5) is 12.0. The van der Waals surface area contributed by atoms with E-state index < -0.39 is 28.3 Å². The predicted molar refractivity (Wildman–Crippen MR) is 97.3 cm³/mol. The molecular formula is C17H18FN3O4S. The van der Waals surface area contributed by atoms with Crippen LogP contribution >= 0.6 is 0 Å². The van der Waals surface area contributed by atoms with Crippen LogP contribution in [0.1, 0.15) is 5.56 Å². The lowest BCUT2D eigenvalue weighted by atomic mass is 10.2. The number of nitrogens with one attached hydrogen (secondary N) is 1. The summed E-state index contributed by atoms with van der Waals surface area (Å²) >= 11 is 0. The first-order chi connectivity index (χ1) is 12.3. The Morgan fingerprint density at radius 3 is 2.65 bits per heavy atom. The first kappa shape index (κ1) is 19.4. The second-order valence-corrected chi connectivity index (χ2v) is 7.19. The van der Waals surface area contributed by atoms with Crippen LogP contribution in [-0.4, -0.2) is 40.4 Å². The Balaban J connectivity index is 2.11. The van der Waals surface area contributed by atoms with Gasteiger partial charge < -0.3 is 4.74 Å². The molecule has 0 saturated carbocycles. The number of anilines is 1. The highest BCUT2D eigenvalue weighted by molar-refractivity contribution is 7.92. The minimum absolute atomic E-state index is 0.195. The van der Waals surface area contributed by atoms with Crippen LogP contribution in [0.4, 0.5) is 10.1 Å². The molecule has 26 heavy (non-hydrogen) atoms. The van der Waals surface area contributed by atoms with Crippen molar-refractivity contribution in [2.24, 2.45) is 5.10 Å². The molecule has 2 aromatic carbocycles. The minimum Gasteiger partial charge on any atom is -0.497 e. The molecule has 1 N–H and O–H groups in total. The quantitative estimate of drug-likeness (QED) is 0.586. The van der Waals surface area contributed by atoms with E-state index in [0.29, 0.717) is 5.75 Å². The number of hydrogen-bond donors (Lipinski definition) is 1. The largest absolute Gasteiger partial charge is 0.497 e. The fourth-order valence-electron chi connectivity index (χ4n) is 2.09. The van der Waals surface area contributed by atoms with Crippen LogP contribution < -0.4 is 14.5 Å². The third kappa shape index (κ3) is 5.28. The highest BCUT2D eigenvalue weighted by Crippen LogP contribution is 2.22. The highest BCUT2D eigenvalue weighted by Gasteiger charge is 2.21. The Morgan fingerprint density at radius 2 is 2.00 bits per heavy atom. The molecule has 0 fully saturated rings. The molecule has 0 heterocycles. The number of hydrazone groups is 1. The molecule has 0 spiro atoms. The molecule has 138 valence electrons. The topological polar surface area (TPSA) is 88.1 Å². The van der Waals surface area contributed by atoms with Crippen molar-refractivity contribution < 1.29 is 22.3 Å². The second-order valence-electron chi connectivity index (χ2n) is 5.29. The van der Waals surface area contributed by atoms with Gasteiger partial charge in [-0.25, -0.2) is 18.2 Å². The smallest absolute Gasteiger partial charge is 0.260 e. The van der Waals surface area contributed by atoms with Gasteiger partial charge in [-0.15, -0.1) is 0 Å². The molecule has 9 heteroatoms. The number of halogens is 1. The van der Waals surface area contributed by atoms with Crippen molar-refractivity contribution >= 4 is 27.8 Å². The summed E-state index contributed by atoms with van der Waals surface area (Å²) in [6, 6.07) is 12.2. The van der Waals surface area contributed by atoms with Crippen molar-refractivity contribution in [3.05, 3.63) is 59.9 Å². The van der Waals surface area contributed by atoms with Gasteiger partial charge >= 0.3 is 0 Å². The summed E-state index contributed by atoms with van der Waals surface area (Å²) in [6.07, 6.45) is 2.13. The van der Waals surface area contributed by atoms with Crippen molar-refractivity contribution in [3.63, 3.8) is 0 Å². The number of rotatable bonds is 7. The number of carbonyl (C=O) groups is 1. The van der Waals surface area contributed by atoms with E-state index in [-0.39, 0.29) is 11.3 Å². The van der Waals surface area contributed by atoms with E-state index in [1.54, 1.807) is 24.3 Å². The zero-order valence-electron chi connectivity index (χ0n) is 14.2. The first-order valence-electron chi connectivity index (χ1n) is 7.49. The number of nitrogens with zero attached hydrogens (tertiary/aromatic N) is 2. The fraction of sp³-hybridized carbons (Fsp3) is 0.176. The molecule has 2 aromatic rings. The Morgan fingerprint density at radius 1 is 1.27 bits per heavy atom. The van der Waals surface area contributed by atoms with E-state index in [9.17, 15) is 17.6 Å². The van der Waals surface area contributed by atoms with Crippen molar-refractivity contribution in [1.82, 2.24) is 5.43 Å². The lowest BCUT2D eigenvalue weighted by Gasteiger charge is -2.21. The number of methoxy groups -OCH3 is 1. The molecule has 2 rings (SSSR count). The number of amides is 1. The highest BCUT2D eigenvalue weighted by atomic mass is 32.2. The molecule has 0 aliphatic carbocycles. The number of sulfonamides is 1. The molecule has 7 nitrogen and oxygen atoms in total. The monoisotopic (exact) mass is 379 g/mol. The Hall–Kier alpha value is -2.94. The van der Waals surface area contributed by atoms with Gasteiger partial charge in [-0.2, -0.15) is 5.10 Å². The number of hydrogen-bond acceptors (Lipinski definition) is 5. The van der Waals surface area contributed by atoms with Crippen molar-refractivity contribution in [2.45, 2.75) is 0 Å². The fourth-order valence-corrected chi connectivity index (χ4v) is 2.93. The summed E-state index contributed by atoms with van der Waals surface area (Å²) in [5.74, 6) is -0.709. The van der Waals surface area contributed by atoms with E-state index in [2.05, 4.69) is 10.5 Å². The average molecular weight is 379 g/mol. The van der Waals surface area contributed by atoms with E-state index in [1.807, 2.05) is 0 Å².